The highest BCUT2D eigenvalue weighted by Crippen LogP contribution is 2.26. The molecule has 0 fully saturated rings. The smallest absolute Gasteiger partial charge is 0.335 e. The fourth-order valence-corrected chi connectivity index (χ4v) is 3.05. The molecule has 0 aliphatic carbocycles. The molecule has 0 spiro atoms. The van der Waals surface area contributed by atoms with Crippen LogP contribution in [0.15, 0.2) is 64.2 Å². The average molecular weight is 412 g/mol. The van der Waals surface area contributed by atoms with Crippen molar-refractivity contribution >= 4 is 40.9 Å². The quantitative estimate of drug-likeness (QED) is 0.512. The summed E-state index contributed by atoms with van der Waals surface area (Å²) in [4.78, 5) is 37.2. The van der Waals surface area contributed by atoms with E-state index >= 15 is 0 Å². The van der Waals surface area contributed by atoms with Crippen molar-refractivity contribution in [3.8, 4) is 5.75 Å². The number of carboxylic acids is 1. The minimum atomic E-state index is -1.15. The molecule has 1 aromatic carbocycles. The topological polar surface area (TPSA) is 118 Å². The van der Waals surface area contributed by atoms with Gasteiger partial charge in [-0.05, 0) is 47.9 Å². The number of rotatable bonds is 7. The number of carbonyl (C=O) groups is 3. The summed E-state index contributed by atoms with van der Waals surface area (Å²) in [5, 5.41) is 16.1. The second-order valence-electron chi connectivity index (χ2n) is 5.68. The standard InChI is InChI=1S/C20H16N2O6S/c1-27-16-7-6-12(20(25)26)10-14(16)21-18(23)15(11-13-4-3-9-29-13)22-19(24)17-5-2-8-28-17/h2-11H,1H3,(H,21,23)(H,22,24)(H,25,26)/b15-11-. The molecule has 3 rings (SSSR count). The molecule has 0 atom stereocenters. The Morgan fingerprint density at radius 3 is 2.62 bits per heavy atom. The molecule has 2 amide bonds. The van der Waals surface area contributed by atoms with E-state index in [2.05, 4.69) is 10.6 Å². The number of carbonyl (C=O) groups excluding carboxylic acids is 2. The number of benzene rings is 1. The van der Waals surface area contributed by atoms with Crippen molar-refractivity contribution in [1.29, 1.82) is 0 Å². The van der Waals surface area contributed by atoms with Crippen molar-refractivity contribution in [3.05, 3.63) is 76.0 Å². The summed E-state index contributed by atoms with van der Waals surface area (Å²) in [6, 6.07) is 10.7. The molecule has 0 radical (unpaired) electrons. The number of hydrogen-bond acceptors (Lipinski definition) is 6. The second-order valence-corrected chi connectivity index (χ2v) is 6.66. The number of anilines is 1. The first-order chi connectivity index (χ1) is 14.0. The third kappa shape index (κ3) is 4.90. The second kappa shape index (κ2) is 8.89. The van der Waals surface area contributed by atoms with Crippen LogP contribution in [0.4, 0.5) is 5.69 Å². The van der Waals surface area contributed by atoms with Crippen LogP contribution in [0.1, 0.15) is 25.8 Å². The van der Waals surface area contributed by atoms with Gasteiger partial charge < -0.3 is 24.9 Å². The number of furan rings is 1. The van der Waals surface area contributed by atoms with Crippen LogP contribution in [0.2, 0.25) is 0 Å². The highest BCUT2D eigenvalue weighted by atomic mass is 32.1. The number of ether oxygens (including phenoxy) is 1. The van der Waals surface area contributed by atoms with Crippen molar-refractivity contribution in [1.82, 2.24) is 5.32 Å². The third-order valence-corrected chi connectivity index (χ3v) is 4.58. The normalized spacial score (nSPS) is 11.0. The molecule has 0 aliphatic rings. The summed E-state index contributed by atoms with van der Waals surface area (Å²) >= 11 is 1.38. The van der Waals surface area contributed by atoms with Gasteiger partial charge in [0.15, 0.2) is 5.76 Å². The molecule has 3 aromatic rings. The average Bonchev–Trinajstić information content (AvgIpc) is 3.41. The lowest BCUT2D eigenvalue weighted by Gasteiger charge is -2.13. The maximum absolute atomic E-state index is 12.9. The van der Waals surface area contributed by atoms with E-state index in [0.717, 1.165) is 4.88 Å². The highest BCUT2D eigenvalue weighted by Gasteiger charge is 2.19. The van der Waals surface area contributed by atoms with Gasteiger partial charge in [0.25, 0.3) is 11.8 Å². The summed E-state index contributed by atoms with van der Waals surface area (Å²) in [6.45, 7) is 0. The van der Waals surface area contributed by atoms with Gasteiger partial charge >= 0.3 is 5.97 Å². The third-order valence-electron chi connectivity index (χ3n) is 3.76. The Morgan fingerprint density at radius 2 is 2.00 bits per heavy atom. The number of carboxylic acid groups (broad SMARTS) is 1. The highest BCUT2D eigenvalue weighted by molar-refractivity contribution is 7.10. The van der Waals surface area contributed by atoms with Gasteiger partial charge in [0.05, 0.1) is 24.6 Å². The van der Waals surface area contributed by atoms with Gasteiger partial charge in [-0.25, -0.2) is 4.79 Å². The first-order valence-electron chi connectivity index (χ1n) is 8.30. The van der Waals surface area contributed by atoms with Gasteiger partial charge in [0, 0.05) is 4.88 Å². The molecule has 2 aromatic heterocycles. The maximum Gasteiger partial charge on any atom is 0.335 e. The maximum atomic E-state index is 12.9. The lowest BCUT2D eigenvalue weighted by atomic mass is 10.2. The minimum Gasteiger partial charge on any atom is -0.495 e. The molecule has 0 bridgehead atoms. The van der Waals surface area contributed by atoms with Crippen molar-refractivity contribution in [2.45, 2.75) is 0 Å². The van der Waals surface area contributed by atoms with Crippen molar-refractivity contribution in [2.24, 2.45) is 0 Å². The number of thiophene rings is 1. The van der Waals surface area contributed by atoms with Gasteiger partial charge in [-0.2, -0.15) is 0 Å². The molecular formula is C20H16N2O6S. The zero-order valence-electron chi connectivity index (χ0n) is 15.2. The fourth-order valence-electron chi connectivity index (χ4n) is 2.39. The number of nitrogens with one attached hydrogen (secondary N) is 2. The van der Waals surface area contributed by atoms with Crippen LogP contribution in [0, 0.1) is 0 Å². The number of amides is 2. The molecule has 148 valence electrons. The minimum absolute atomic E-state index is 0.0236. The van der Waals surface area contributed by atoms with E-state index in [1.165, 1.54) is 55.1 Å². The fraction of sp³-hybridized carbons (Fsp3) is 0.0500. The van der Waals surface area contributed by atoms with Crippen LogP contribution in [0.3, 0.4) is 0 Å². The first-order valence-corrected chi connectivity index (χ1v) is 9.18. The van der Waals surface area contributed by atoms with Crippen LogP contribution < -0.4 is 15.4 Å². The summed E-state index contributed by atoms with van der Waals surface area (Å²) in [5.41, 5.74) is 0.0860. The van der Waals surface area contributed by atoms with Gasteiger partial charge in [0.1, 0.15) is 11.4 Å². The molecule has 0 unspecified atom stereocenters. The SMILES string of the molecule is COc1ccc(C(=O)O)cc1NC(=O)/C(=C/c1cccs1)NC(=O)c1ccco1. The van der Waals surface area contributed by atoms with E-state index in [0.29, 0.717) is 0 Å². The molecule has 0 saturated heterocycles. The van der Waals surface area contributed by atoms with Gasteiger partial charge in [-0.3, -0.25) is 9.59 Å². The van der Waals surface area contributed by atoms with E-state index in [9.17, 15) is 19.5 Å². The molecule has 9 heteroatoms. The van der Waals surface area contributed by atoms with E-state index in [1.807, 2.05) is 5.38 Å². The molecule has 29 heavy (non-hydrogen) atoms. The van der Waals surface area contributed by atoms with Gasteiger partial charge in [0.2, 0.25) is 0 Å². The van der Waals surface area contributed by atoms with Gasteiger partial charge in [-0.1, -0.05) is 6.07 Å². The Morgan fingerprint density at radius 1 is 1.17 bits per heavy atom. The van der Waals surface area contributed by atoms with Gasteiger partial charge in [-0.15, -0.1) is 11.3 Å². The molecule has 8 nitrogen and oxygen atoms in total. The zero-order valence-corrected chi connectivity index (χ0v) is 16.0. The van der Waals surface area contributed by atoms with Crippen LogP contribution >= 0.6 is 11.3 Å². The Bertz CT molecular complexity index is 1050. The van der Waals surface area contributed by atoms with Crippen LogP contribution in [0.25, 0.3) is 6.08 Å². The van der Waals surface area contributed by atoms with E-state index in [4.69, 9.17) is 9.15 Å². The van der Waals surface area contributed by atoms with Crippen LogP contribution in [-0.4, -0.2) is 30.0 Å². The summed E-state index contributed by atoms with van der Waals surface area (Å²) in [5.74, 6) is -2.08. The van der Waals surface area contributed by atoms with Crippen molar-refractivity contribution < 1.29 is 28.6 Å². The largest absolute Gasteiger partial charge is 0.495 e. The Balaban J connectivity index is 1.90. The summed E-state index contributed by atoms with van der Waals surface area (Å²) in [6.07, 6.45) is 2.86. The summed E-state index contributed by atoms with van der Waals surface area (Å²) < 4.78 is 10.2. The molecule has 2 heterocycles. The molecule has 0 aliphatic heterocycles. The van der Waals surface area contributed by atoms with Crippen molar-refractivity contribution in [3.63, 3.8) is 0 Å². The van der Waals surface area contributed by atoms with Crippen molar-refractivity contribution in [2.75, 3.05) is 12.4 Å². The number of methoxy groups -OCH3 is 1. The Kier molecular flexibility index (Phi) is 6.10. The number of aromatic carboxylic acids is 1. The lowest BCUT2D eigenvalue weighted by molar-refractivity contribution is -0.113. The molecule has 0 saturated carbocycles. The zero-order chi connectivity index (χ0) is 20.8. The van der Waals surface area contributed by atoms with Crippen LogP contribution in [-0.2, 0) is 4.79 Å². The molecule has 3 N–H and O–H groups in total. The lowest BCUT2D eigenvalue weighted by Crippen LogP contribution is -2.30. The Hall–Kier alpha value is -3.85. The predicted octanol–water partition coefficient (Wildman–Crippen LogP) is 3.46. The van der Waals surface area contributed by atoms with E-state index < -0.39 is 17.8 Å². The predicted molar refractivity (Wildman–Crippen MR) is 107 cm³/mol. The van der Waals surface area contributed by atoms with E-state index in [1.54, 1.807) is 18.2 Å². The number of hydrogen-bond donors (Lipinski definition) is 3. The first kappa shape index (κ1) is 19.9. The Labute approximate surface area is 169 Å². The monoisotopic (exact) mass is 412 g/mol. The van der Waals surface area contributed by atoms with E-state index in [-0.39, 0.29) is 28.5 Å². The molecular weight excluding hydrogens is 396 g/mol. The van der Waals surface area contributed by atoms with Crippen LogP contribution in [0.5, 0.6) is 5.75 Å². The summed E-state index contributed by atoms with van der Waals surface area (Å²) in [7, 11) is 1.40.